The molecule has 2 N–H and O–H groups in total. The summed E-state index contributed by atoms with van der Waals surface area (Å²) in [6, 6.07) is -0.691. The van der Waals surface area contributed by atoms with Gasteiger partial charge < -0.3 is 0 Å². The van der Waals surface area contributed by atoms with Crippen molar-refractivity contribution in [3.8, 4) is 0 Å². The van der Waals surface area contributed by atoms with Crippen molar-refractivity contribution in [3.05, 3.63) is 0 Å². The average Bonchev–Trinajstić information content (AvgIpc) is 2.62. The van der Waals surface area contributed by atoms with E-state index in [1.165, 1.54) is 0 Å². The van der Waals surface area contributed by atoms with Gasteiger partial charge in [-0.25, -0.2) is 4.79 Å². The van der Waals surface area contributed by atoms with E-state index < -0.39 is 23.3 Å². The number of carbonyl (C=O) groups is 3. The predicted molar refractivity (Wildman–Crippen MR) is 65.5 cm³/mol. The summed E-state index contributed by atoms with van der Waals surface area (Å²) in [4.78, 5) is 35.6. The van der Waals surface area contributed by atoms with Crippen molar-refractivity contribution >= 4 is 17.8 Å². The van der Waals surface area contributed by atoms with Gasteiger partial charge in [-0.15, -0.1) is 0 Å². The molecule has 0 aromatic carbocycles. The van der Waals surface area contributed by atoms with Crippen LogP contribution in [0.1, 0.15) is 46.0 Å². The first-order chi connectivity index (χ1) is 8.53. The van der Waals surface area contributed by atoms with Gasteiger partial charge in [0, 0.05) is 0 Å². The van der Waals surface area contributed by atoms with E-state index in [0.29, 0.717) is 0 Å². The van der Waals surface area contributed by atoms with E-state index in [4.69, 9.17) is 0 Å². The number of carbonyl (C=O) groups excluding carboxylic acids is 3. The molecular weight excluding hydrogens is 255 g/mol. The fraction of sp³-hybridized carbons (Fsp3) is 0.769. The predicted octanol–water partition coefficient (Wildman–Crippen LogP) is -1.42. The fourth-order valence-corrected chi connectivity index (χ4v) is 3.50. The molecule has 0 radical (unpaired) electrons. The van der Waals surface area contributed by atoms with E-state index in [0.717, 1.165) is 32.1 Å². The van der Waals surface area contributed by atoms with Crippen LogP contribution in [0.15, 0.2) is 0 Å². The molecule has 1 heterocycles. The quantitative estimate of drug-likeness (QED) is 0.490. The second-order valence-corrected chi connectivity index (χ2v) is 5.42. The maximum absolute atomic E-state index is 12.2. The maximum atomic E-state index is 12.2. The molecule has 2 rings (SSSR count). The molecule has 2 fully saturated rings. The minimum absolute atomic E-state index is 0. The molecule has 1 spiro atoms. The van der Waals surface area contributed by atoms with Crippen LogP contribution in [0.4, 0.5) is 4.79 Å². The van der Waals surface area contributed by atoms with Crippen molar-refractivity contribution in [2.24, 2.45) is 17.3 Å². The van der Waals surface area contributed by atoms with Gasteiger partial charge >= 0.3 is 35.6 Å². The number of hydrogen-bond acceptors (Lipinski definition) is 3. The Hall–Kier alpha value is -0.390. The van der Waals surface area contributed by atoms with E-state index in [1.54, 1.807) is 0 Å². The smallest absolute Gasteiger partial charge is 0.277 e. The Morgan fingerprint density at radius 2 is 1.74 bits per heavy atom. The van der Waals surface area contributed by atoms with Crippen LogP contribution < -0.4 is 40.2 Å². The monoisotopic (exact) mass is 275 g/mol. The van der Waals surface area contributed by atoms with Gasteiger partial charge in [0.15, 0.2) is 0 Å². The zero-order valence-corrected chi connectivity index (χ0v) is 13.9. The number of barbiturate groups is 1. The molecule has 6 heteroatoms. The van der Waals surface area contributed by atoms with Crippen LogP contribution in [0, 0.1) is 17.3 Å². The topological polar surface area (TPSA) is 75.3 Å². The van der Waals surface area contributed by atoms with Crippen molar-refractivity contribution in [2.45, 2.75) is 46.0 Å². The number of nitrogens with one attached hydrogen (secondary N) is 2. The summed E-state index contributed by atoms with van der Waals surface area (Å²) >= 11 is 0. The Kier molecular flexibility index (Phi) is 5.59. The van der Waals surface area contributed by atoms with E-state index in [-0.39, 0.29) is 41.4 Å². The first kappa shape index (κ1) is 16.7. The molecule has 2 atom stereocenters. The minimum atomic E-state index is -1.02. The maximum Gasteiger partial charge on any atom is 1.00 e. The summed E-state index contributed by atoms with van der Waals surface area (Å²) in [7, 11) is 0. The van der Waals surface area contributed by atoms with Crippen LogP contribution in [0.2, 0.25) is 0 Å². The van der Waals surface area contributed by atoms with Gasteiger partial charge in [0.2, 0.25) is 11.8 Å². The summed E-state index contributed by atoms with van der Waals surface area (Å²) in [5, 5.41) is 4.54. The van der Waals surface area contributed by atoms with Gasteiger partial charge in [0.05, 0.1) is 0 Å². The van der Waals surface area contributed by atoms with Gasteiger partial charge in [0.1, 0.15) is 5.41 Å². The van der Waals surface area contributed by atoms with Crippen LogP contribution in [0.25, 0.3) is 0 Å². The summed E-state index contributed by atoms with van der Waals surface area (Å²) in [6.07, 6.45) is 4.67. The van der Waals surface area contributed by atoms with Gasteiger partial charge in [0.25, 0.3) is 0 Å². The van der Waals surface area contributed by atoms with E-state index >= 15 is 0 Å². The first-order valence-electron chi connectivity index (χ1n) is 6.70. The molecule has 2 unspecified atom stereocenters. The SMILES string of the molecule is CCCCC1CCC(C)C12C(=O)NC(=O)NC2=O.[Na+]. The Balaban J connectivity index is 0.00000180. The fourth-order valence-electron chi connectivity index (χ4n) is 3.50. The van der Waals surface area contributed by atoms with Crippen LogP contribution in [-0.2, 0) is 9.59 Å². The Morgan fingerprint density at radius 1 is 1.16 bits per heavy atom. The molecule has 1 aliphatic heterocycles. The van der Waals surface area contributed by atoms with Gasteiger partial charge in [-0.2, -0.15) is 0 Å². The zero-order chi connectivity index (χ0) is 13.3. The molecule has 0 aromatic rings. The van der Waals surface area contributed by atoms with Crippen LogP contribution in [0.5, 0.6) is 0 Å². The van der Waals surface area contributed by atoms with Crippen LogP contribution in [0.3, 0.4) is 0 Å². The van der Waals surface area contributed by atoms with Crippen molar-refractivity contribution in [2.75, 3.05) is 0 Å². The molecule has 0 bridgehead atoms. The second-order valence-electron chi connectivity index (χ2n) is 5.42. The number of amides is 4. The second kappa shape index (κ2) is 6.37. The van der Waals surface area contributed by atoms with Gasteiger partial charge in [-0.3, -0.25) is 20.2 Å². The van der Waals surface area contributed by atoms with E-state index in [9.17, 15) is 14.4 Å². The van der Waals surface area contributed by atoms with Crippen molar-refractivity contribution in [1.82, 2.24) is 10.6 Å². The molecular formula is C13H20N2NaO3+. The normalized spacial score (nSPS) is 28.8. The summed E-state index contributed by atoms with van der Waals surface area (Å²) in [6.45, 7) is 4.02. The standard InChI is InChI=1S/C13H20N2O3.Na/c1-3-4-5-9-7-6-8(2)13(9)10(16)14-12(18)15-11(13)17;/h8-9H,3-7H2,1-2H3,(H2,14,15,16,17,18);/q;+1. The van der Waals surface area contributed by atoms with Crippen molar-refractivity contribution in [3.63, 3.8) is 0 Å². The van der Waals surface area contributed by atoms with Crippen molar-refractivity contribution < 1.29 is 43.9 Å². The average molecular weight is 275 g/mol. The van der Waals surface area contributed by atoms with Crippen LogP contribution >= 0.6 is 0 Å². The first-order valence-corrected chi connectivity index (χ1v) is 6.70. The van der Waals surface area contributed by atoms with Crippen molar-refractivity contribution in [1.29, 1.82) is 0 Å². The molecule has 0 aromatic heterocycles. The number of urea groups is 1. The molecule has 1 saturated carbocycles. The van der Waals surface area contributed by atoms with E-state index in [1.807, 2.05) is 6.92 Å². The summed E-state index contributed by atoms with van der Waals surface area (Å²) < 4.78 is 0. The minimum Gasteiger partial charge on any atom is -0.277 e. The molecule has 1 aliphatic carbocycles. The number of imide groups is 2. The summed E-state index contributed by atoms with van der Waals surface area (Å²) in [5.74, 6) is -0.752. The third-order valence-electron chi connectivity index (χ3n) is 4.48. The zero-order valence-electron chi connectivity index (χ0n) is 11.9. The largest absolute Gasteiger partial charge is 1.00 e. The third kappa shape index (κ3) is 2.60. The number of hydrogen-bond donors (Lipinski definition) is 2. The molecule has 1 saturated heterocycles. The molecule has 5 nitrogen and oxygen atoms in total. The molecule has 100 valence electrons. The Morgan fingerprint density at radius 3 is 2.26 bits per heavy atom. The third-order valence-corrected chi connectivity index (χ3v) is 4.48. The van der Waals surface area contributed by atoms with Gasteiger partial charge in [-0.1, -0.05) is 26.7 Å². The Labute approximate surface area is 135 Å². The number of rotatable bonds is 3. The van der Waals surface area contributed by atoms with Gasteiger partial charge in [-0.05, 0) is 31.1 Å². The van der Waals surface area contributed by atoms with Crippen LogP contribution in [-0.4, -0.2) is 17.8 Å². The number of unbranched alkanes of at least 4 members (excludes halogenated alkanes) is 1. The van der Waals surface area contributed by atoms with E-state index in [2.05, 4.69) is 17.6 Å². The summed E-state index contributed by atoms with van der Waals surface area (Å²) in [5.41, 5.74) is -1.02. The molecule has 2 aliphatic rings. The molecule has 19 heavy (non-hydrogen) atoms. The Bertz CT molecular complexity index is 377. The molecule has 4 amide bonds.